The number of rotatable bonds is 7. The third kappa shape index (κ3) is 5.94. The number of nitrogens with one attached hydrogen (secondary N) is 1. The van der Waals surface area contributed by atoms with E-state index >= 15 is 0 Å². The molecular weight excluding hydrogens is 517 g/mol. The standard InChI is InChI=1S/C26H26F5NO6/c1-15-4-3-5-16(12-15)8-11-36-19-13-17(14-20-21(19)38-26(30,31)37-20)22(33)32-24(23(34)35-2)9-6-18(7-10-24)25(27,28)29/h3-5,12-14,18H,6-11H2,1-2H3,(H,32,33). The lowest BCUT2D eigenvalue weighted by Crippen LogP contribution is -2.57. The van der Waals surface area contributed by atoms with E-state index in [2.05, 4.69) is 14.8 Å². The first kappa shape index (κ1) is 27.5. The van der Waals surface area contributed by atoms with Gasteiger partial charge in [-0.05, 0) is 50.3 Å². The zero-order valence-corrected chi connectivity index (χ0v) is 20.6. The molecule has 0 radical (unpaired) electrons. The van der Waals surface area contributed by atoms with Crippen molar-refractivity contribution in [2.24, 2.45) is 5.92 Å². The summed E-state index contributed by atoms with van der Waals surface area (Å²) >= 11 is 0. The van der Waals surface area contributed by atoms with E-state index in [1.54, 1.807) is 0 Å². The molecule has 7 nitrogen and oxygen atoms in total. The van der Waals surface area contributed by atoms with Gasteiger partial charge in [0.2, 0.25) is 5.75 Å². The van der Waals surface area contributed by atoms with Gasteiger partial charge in [0.1, 0.15) is 5.54 Å². The molecule has 206 valence electrons. The van der Waals surface area contributed by atoms with E-state index in [0.29, 0.717) is 6.42 Å². The summed E-state index contributed by atoms with van der Waals surface area (Å²) in [7, 11) is 1.06. The van der Waals surface area contributed by atoms with Crippen molar-refractivity contribution in [3.63, 3.8) is 0 Å². The molecule has 0 atom stereocenters. The fraction of sp³-hybridized carbons (Fsp3) is 0.462. The maximum Gasteiger partial charge on any atom is 0.586 e. The highest BCUT2D eigenvalue weighted by atomic mass is 19.4. The van der Waals surface area contributed by atoms with E-state index < -0.39 is 47.3 Å². The Hall–Kier alpha value is -3.57. The summed E-state index contributed by atoms with van der Waals surface area (Å²) in [6, 6.07) is 9.74. The van der Waals surface area contributed by atoms with Gasteiger partial charge in [0, 0.05) is 12.0 Å². The molecule has 1 aliphatic heterocycles. The lowest BCUT2D eigenvalue weighted by Gasteiger charge is -2.38. The second-order valence-electron chi connectivity index (χ2n) is 9.40. The number of alkyl halides is 5. The Bertz CT molecular complexity index is 1210. The van der Waals surface area contributed by atoms with E-state index in [1.807, 2.05) is 31.2 Å². The molecule has 0 aromatic heterocycles. The summed E-state index contributed by atoms with van der Waals surface area (Å²) in [6.45, 7) is 1.98. The highest BCUT2D eigenvalue weighted by Gasteiger charge is 2.51. The van der Waals surface area contributed by atoms with Crippen LogP contribution in [0.4, 0.5) is 22.0 Å². The molecule has 1 fully saturated rings. The number of carbonyl (C=O) groups is 2. The number of amides is 1. The quantitative estimate of drug-likeness (QED) is 0.376. The highest BCUT2D eigenvalue weighted by Crippen LogP contribution is 2.48. The zero-order valence-electron chi connectivity index (χ0n) is 20.6. The molecule has 1 aliphatic carbocycles. The van der Waals surface area contributed by atoms with Crippen molar-refractivity contribution in [1.82, 2.24) is 5.32 Å². The fourth-order valence-electron chi connectivity index (χ4n) is 4.71. The highest BCUT2D eigenvalue weighted by molar-refractivity contribution is 5.99. The van der Waals surface area contributed by atoms with Crippen LogP contribution < -0.4 is 19.5 Å². The van der Waals surface area contributed by atoms with Crippen molar-refractivity contribution in [2.45, 2.75) is 57.0 Å². The maximum absolute atomic E-state index is 13.8. The number of hydrogen-bond donors (Lipinski definition) is 1. The molecule has 1 N–H and O–H groups in total. The van der Waals surface area contributed by atoms with E-state index in [0.717, 1.165) is 30.4 Å². The Morgan fingerprint density at radius 1 is 1.11 bits per heavy atom. The summed E-state index contributed by atoms with van der Waals surface area (Å²) in [5.74, 6) is -4.45. The molecule has 0 bridgehead atoms. The van der Waals surface area contributed by atoms with Crippen LogP contribution in [0.5, 0.6) is 17.2 Å². The Morgan fingerprint density at radius 3 is 2.45 bits per heavy atom. The van der Waals surface area contributed by atoms with Gasteiger partial charge in [0.05, 0.1) is 19.6 Å². The second-order valence-corrected chi connectivity index (χ2v) is 9.40. The molecular formula is C26H26F5NO6. The number of methoxy groups -OCH3 is 1. The van der Waals surface area contributed by atoms with Crippen molar-refractivity contribution in [1.29, 1.82) is 0 Å². The van der Waals surface area contributed by atoms with Crippen molar-refractivity contribution in [3.05, 3.63) is 53.1 Å². The van der Waals surface area contributed by atoms with Gasteiger partial charge in [-0.2, -0.15) is 13.2 Å². The zero-order chi connectivity index (χ0) is 27.7. The monoisotopic (exact) mass is 543 g/mol. The van der Waals surface area contributed by atoms with E-state index in [4.69, 9.17) is 9.47 Å². The summed E-state index contributed by atoms with van der Waals surface area (Å²) in [6.07, 6.45) is -9.39. The molecule has 0 unspecified atom stereocenters. The van der Waals surface area contributed by atoms with Crippen LogP contribution in [0, 0.1) is 12.8 Å². The molecule has 1 saturated carbocycles. The fourth-order valence-corrected chi connectivity index (χ4v) is 4.71. The summed E-state index contributed by atoms with van der Waals surface area (Å²) < 4.78 is 86.7. The Morgan fingerprint density at radius 2 is 1.82 bits per heavy atom. The van der Waals surface area contributed by atoms with Gasteiger partial charge < -0.3 is 24.3 Å². The van der Waals surface area contributed by atoms with Gasteiger partial charge in [0.25, 0.3) is 5.91 Å². The van der Waals surface area contributed by atoms with Gasteiger partial charge in [-0.1, -0.05) is 29.8 Å². The van der Waals surface area contributed by atoms with Crippen molar-refractivity contribution < 1.29 is 50.5 Å². The number of benzene rings is 2. The van der Waals surface area contributed by atoms with Crippen molar-refractivity contribution >= 4 is 11.9 Å². The van der Waals surface area contributed by atoms with Crippen LogP contribution in [-0.4, -0.2) is 43.6 Å². The average Bonchev–Trinajstić information content (AvgIpc) is 3.17. The number of esters is 1. The van der Waals surface area contributed by atoms with Crippen molar-refractivity contribution in [2.75, 3.05) is 13.7 Å². The van der Waals surface area contributed by atoms with Gasteiger partial charge in [-0.3, -0.25) is 4.79 Å². The third-order valence-electron chi connectivity index (χ3n) is 6.69. The first-order valence-corrected chi connectivity index (χ1v) is 11.9. The minimum Gasteiger partial charge on any atom is -0.489 e. The minimum absolute atomic E-state index is 0.0564. The number of halogens is 5. The molecule has 1 amide bonds. The van der Waals surface area contributed by atoms with Crippen LogP contribution in [0.25, 0.3) is 0 Å². The smallest absolute Gasteiger partial charge is 0.489 e. The second kappa shape index (κ2) is 10.3. The number of aryl methyl sites for hydroxylation is 1. The van der Waals surface area contributed by atoms with Crippen LogP contribution in [-0.2, 0) is 16.0 Å². The van der Waals surface area contributed by atoms with Crippen LogP contribution in [0.15, 0.2) is 36.4 Å². The molecule has 0 saturated heterocycles. The minimum atomic E-state index is -4.43. The van der Waals surface area contributed by atoms with Gasteiger partial charge in [-0.15, -0.1) is 8.78 Å². The third-order valence-corrected chi connectivity index (χ3v) is 6.69. The Kier molecular flexibility index (Phi) is 7.44. The van der Waals surface area contributed by atoms with E-state index in [-0.39, 0.29) is 43.6 Å². The molecule has 4 rings (SSSR count). The SMILES string of the molecule is COC(=O)C1(NC(=O)c2cc(OCCc3cccc(C)c3)c3c(c2)OC(F)(F)O3)CCC(C(F)(F)F)CC1. The Balaban J connectivity index is 1.55. The number of ether oxygens (including phenoxy) is 4. The van der Waals surface area contributed by atoms with Crippen molar-refractivity contribution in [3.8, 4) is 17.2 Å². The predicted octanol–water partition coefficient (Wildman–Crippen LogP) is 5.33. The molecule has 2 aromatic rings. The van der Waals surface area contributed by atoms with Crippen LogP contribution in [0.1, 0.15) is 47.2 Å². The average molecular weight is 543 g/mol. The molecule has 38 heavy (non-hydrogen) atoms. The topological polar surface area (TPSA) is 83.1 Å². The lowest BCUT2D eigenvalue weighted by molar-refractivity contribution is -0.287. The largest absolute Gasteiger partial charge is 0.586 e. The van der Waals surface area contributed by atoms with Gasteiger partial charge in [-0.25, -0.2) is 4.79 Å². The maximum atomic E-state index is 13.8. The number of fused-ring (bicyclic) bond motifs is 1. The molecule has 2 aromatic carbocycles. The van der Waals surface area contributed by atoms with Gasteiger partial charge in [0.15, 0.2) is 11.5 Å². The van der Waals surface area contributed by atoms with Crippen LogP contribution in [0.2, 0.25) is 0 Å². The van der Waals surface area contributed by atoms with E-state index in [1.165, 1.54) is 0 Å². The summed E-state index contributed by atoms with van der Waals surface area (Å²) in [4.78, 5) is 25.7. The first-order valence-electron chi connectivity index (χ1n) is 11.9. The van der Waals surface area contributed by atoms with Gasteiger partial charge >= 0.3 is 18.4 Å². The lowest BCUT2D eigenvalue weighted by atomic mass is 9.76. The first-order chi connectivity index (χ1) is 17.8. The molecule has 0 spiro atoms. The predicted molar refractivity (Wildman–Crippen MR) is 123 cm³/mol. The van der Waals surface area contributed by atoms with Crippen LogP contribution >= 0.6 is 0 Å². The van der Waals surface area contributed by atoms with E-state index in [9.17, 15) is 31.5 Å². The summed E-state index contributed by atoms with van der Waals surface area (Å²) in [5.41, 5.74) is 0.0478. The molecule has 2 aliphatic rings. The van der Waals surface area contributed by atoms with Crippen LogP contribution in [0.3, 0.4) is 0 Å². The molecule has 12 heteroatoms. The Labute approximate surface area is 215 Å². The normalized spacial score (nSPS) is 22.0. The molecule has 1 heterocycles. The number of carbonyl (C=O) groups excluding carboxylic acids is 2. The number of hydrogen-bond acceptors (Lipinski definition) is 6. The summed E-state index contributed by atoms with van der Waals surface area (Å²) in [5, 5.41) is 2.48.